The molecule has 0 aliphatic rings. The SMILES string of the molecule is C=CC(C)(C)C(C#N)(C#N)[C@@H](c1ccc(F)cc1)P(=O)(OC)OC. The molecule has 0 unspecified atom stereocenters. The molecular weight excluding hydrogens is 330 g/mol. The van der Waals surface area contributed by atoms with Crippen LogP contribution >= 0.6 is 7.60 Å². The van der Waals surface area contributed by atoms with Gasteiger partial charge in [-0.25, -0.2) is 4.39 Å². The summed E-state index contributed by atoms with van der Waals surface area (Å²) in [4.78, 5) is 0. The monoisotopic (exact) mass is 350 g/mol. The smallest absolute Gasteiger partial charge is 0.311 e. The second-order valence-electron chi connectivity index (χ2n) is 5.82. The molecule has 0 aliphatic heterocycles. The van der Waals surface area contributed by atoms with Crippen LogP contribution in [0.3, 0.4) is 0 Å². The molecular formula is C17H20FN2O3P. The van der Waals surface area contributed by atoms with E-state index in [-0.39, 0.29) is 0 Å². The third kappa shape index (κ3) is 3.14. The van der Waals surface area contributed by atoms with Crippen molar-refractivity contribution < 1.29 is 18.0 Å². The number of halogens is 1. The van der Waals surface area contributed by atoms with E-state index in [4.69, 9.17) is 9.05 Å². The van der Waals surface area contributed by atoms with Crippen LogP contribution in [0.2, 0.25) is 0 Å². The molecule has 0 saturated carbocycles. The third-order valence-corrected chi connectivity index (χ3v) is 6.64. The van der Waals surface area contributed by atoms with Crippen LogP contribution in [0.15, 0.2) is 36.9 Å². The quantitative estimate of drug-likeness (QED) is 0.530. The number of allylic oxidation sites excluding steroid dienone is 1. The molecule has 1 rings (SSSR count). The largest absolute Gasteiger partial charge is 0.340 e. The van der Waals surface area contributed by atoms with Gasteiger partial charge in [-0.2, -0.15) is 10.5 Å². The number of nitriles is 2. The first-order valence-corrected chi connectivity index (χ1v) is 8.72. The summed E-state index contributed by atoms with van der Waals surface area (Å²) in [5.74, 6) is -0.496. The van der Waals surface area contributed by atoms with E-state index >= 15 is 0 Å². The van der Waals surface area contributed by atoms with Gasteiger partial charge in [0, 0.05) is 19.6 Å². The van der Waals surface area contributed by atoms with Crippen LogP contribution in [0, 0.1) is 39.3 Å². The minimum atomic E-state index is -3.91. The van der Waals surface area contributed by atoms with E-state index in [1.165, 1.54) is 44.6 Å². The number of rotatable bonds is 7. The summed E-state index contributed by atoms with van der Waals surface area (Å²) in [6.07, 6.45) is 1.45. The average Bonchev–Trinajstić information content (AvgIpc) is 2.60. The highest BCUT2D eigenvalue weighted by Gasteiger charge is 2.59. The van der Waals surface area contributed by atoms with Crippen LogP contribution in [-0.4, -0.2) is 14.2 Å². The van der Waals surface area contributed by atoms with E-state index in [1.54, 1.807) is 13.8 Å². The molecule has 5 nitrogen and oxygen atoms in total. The van der Waals surface area contributed by atoms with E-state index in [2.05, 4.69) is 6.58 Å². The normalized spacial score (nSPS) is 13.6. The maximum absolute atomic E-state index is 13.3. The molecule has 0 N–H and O–H groups in total. The first-order chi connectivity index (χ1) is 11.2. The molecule has 24 heavy (non-hydrogen) atoms. The summed E-state index contributed by atoms with van der Waals surface area (Å²) in [5.41, 5.74) is -3.80. The zero-order chi connectivity index (χ0) is 18.6. The van der Waals surface area contributed by atoms with Crippen LogP contribution in [0.5, 0.6) is 0 Å². The van der Waals surface area contributed by atoms with Gasteiger partial charge in [-0.15, -0.1) is 6.58 Å². The molecule has 0 saturated heterocycles. The number of benzene rings is 1. The fourth-order valence-corrected chi connectivity index (χ4v) is 4.58. The van der Waals surface area contributed by atoms with Crippen LogP contribution in [0.25, 0.3) is 0 Å². The topological polar surface area (TPSA) is 83.1 Å². The van der Waals surface area contributed by atoms with Gasteiger partial charge in [0.25, 0.3) is 0 Å². The van der Waals surface area contributed by atoms with Crippen molar-refractivity contribution >= 4 is 7.60 Å². The molecule has 0 amide bonds. The Morgan fingerprint density at radius 1 is 1.21 bits per heavy atom. The lowest BCUT2D eigenvalue weighted by Gasteiger charge is -2.41. The lowest BCUT2D eigenvalue weighted by molar-refractivity contribution is 0.201. The maximum Gasteiger partial charge on any atom is 0.340 e. The molecule has 0 fully saturated rings. The molecule has 0 aromatic heterocycles. The van der Waals surface area contributed by atoms with Crippen molar-refractivity contribution in [3.8, 4) is 12.1 Å². The zero-order valence-corrected chi connectivity index (χ0v) is 15.0. The molecule has 1 aromatic rings. The molecule has 1 aromatic carbocycles. The van der Waals surface area contributed by atoms with E-state index in [0.29, 0.717) is 5.56 Å². The third-order valence-electron chi connectivity index (χ3n) is 4.30. The van der Waals surface area contributed by atoms with Gasteiger partial charge in [0.1, 0.15) is 11.5 Å². The molecule has 0 radical (unpaired) electrons. The highest BCUT2D eigenvalue weighted by Crippen LogP contribution is 2.69. The molecule has 0 aliphatic carbocycles. The van der Waals surface area contributed by atoms with Crippen molar-refractivity contribution in [3.63, 3.8) is 0 Å². The van der Waals surface area contributed by atoms with E-state index in [1.807, 2.05) is 12.1 Å². The van der Waals surface area contributed by atoms with Gasteiger partial charge in [0.05, 0.1) is 12.1 Å². The van der Waals surface area contributed by atoms with Gasteiger partial charge in [-0.05, 0) is 17.7 Å². The molecule has 7 heteroatoms. The summed E-state index contributed by atoms with van der Waals surface area (Å²) < 4.78 is 36.7. The van der Waals surface area contributed by atoms with E-state index in [0.717, 1.165) is 0 Å². The lowest BCUT2D eigenvalue weighted by Crippen LogP contribution is -2.40. The first-order valence-electron chi connectivity index (χ1n) is 7.10. The van der Waals surface area contributed by atoms with Crippen LogP contribution in [-0.2, 0) is 13.6 Å². The van der Waals surface area contributed by atoms with Crippen molar-refractivity contribution in [3.05, 3.63) is 48.3 Å². The maximum atomic E-state index is 13.3. The Morgan fingerprint density at radius 2 is 1.67 bits per heavy atom. The van der Waals surface area contributed by atoms with E-state index < -0.39 is 29.9 Å². The summed E-state index contributed by atoms with van der Waals surface area (Å²) >= 11 is 0. The van der Waals surface area contributed by atoms with Crippen molar-refractivity contribution in [1.82, 2.24) is 0 Å². The van der Waals surface area contributed by atoms with Gasteiger partial charge < -0.3 is 9.05 Å². The molecule has 0 heterocycles. The van der Waals surface area contributed by atoms with Gasteiger partial charge in [-0.3, -0.25) is 4.57 Å². The highest BCUT2D eigenvalue weighted by molar-refractivity contribution is 7.54. The van der Waals surface area contributed by atoms with Crippen LogP contribution in [0.4, 0.5) is 4.39 Å². The lowest BCUT2D eigenvalue weighted by atomic mass is 9.64. The van der Waals surface area contributed by atoms with Crippen molar-refractivity contribution in [2.45, 2.75) is 19.5 Å². The number of nitrogens with zero attached hydrogens (tertiary/aromatic N) is 2. The second kappa shape index (κ2) is 7.28. The summed E-state index contributed by atoms with van der Waals surface area (Å²) in [6.45, 7) is 6.96. The fraction of sp³-hybridized carbons (Fsp3) is 0.412. The Hall–Kier alpha value is -1.98. The first kappa shape index (κ1) is 20.1. The Bertz CT molecular complexity index is 710. The van der Waals surface area contributed by atoms with Crippen LogP contribution in [0.1, 0.15) is 25.1 Å². The Morgan fingerprint density at radius 3 is 2.00 bits per heavy atom. The summed E-state index contributed by atoms with van der Waals surface area (Å²) in [6, 6.07) is 9.04. The van der Waals surface area contributed by atoms with Gasteiger partial charge in [0.2, 0.25) is 0 Å². The van der Waals surface area contributed by atoms with E-state index in [9.17, 15) is 19.5 Å². The Kier molecular flexibility index (Phi) is 6.09. The average molecular weight is 350 g/mol. The standard InChI is InChI=1S/C17H20FN2O3P/c1-6-16(2,3)17(11-19,12-20)15(24(21,22-4)23-5)13-7-9-14(18)10-8-13/h6-10,15H,1H2,2-5H3/t15-/m1/s1. The van der Waals surface area contributed by atoms with Crippen molar-refractivity contribution in [1.29, 1.82) is 10.5 Å². The van der Waals surface area contributed by atoms with Crippen molar-refractivity contribution in [2.24, 2.45) is 10.8 Å². The molecule has 0 spiro atoms. The number of hydrogen-bond donors (Lipinski definition) is 0. The second-order valence-corrected chi connectivity index (χ2v) is 8.14. The zero-order valence-electron chi connectivity index (χ0n) is 14.1. The highest BCUT2D eigenvalue weighted by atomic mass is 31.2. The molecule has 0 bridgehead atoms. The summed E-state index contributed by atoms with van der Waals surface area (Å²) in [5, 5.41) is 19.7. The number of hydrogen-bond acceptors (Lipinski definition) is 5. The summed E-state index contributed by atoms with van der Waals surface area (Å²) in [7, 11) is -1.54. The van der Waals surface area contributed by atoms with Gasteiger partial charge in [-0.1, -0.05) is 32.1 Å². The van der Waals surface area contributed by atoms with Crippen LogP contribution < -0.4 is 0 Å². The Balaban J connectivity index is 3.85. The van der Waals surface area contributed by atoms with Gasteiger partial charge >= 0.3 is 7.60 Å². The minimum Gasteiger partial charge on any atom is -0.311 e. The fourth-order valence-electron chi connectivity index (χ4n) is 2.55. The molecule has 1 atom stereocenters. The van der Waals surface area contributed by atoms with Crippen molar-refractivity contribution in [2.75, 3.05) is 14.2 Å². The molecule has 128 valence electrons. The Labute approximate surface area is 141 Å². The minimum absolute atomic E-state index is 0.307. The predicted octanol–water partition coefficient (Wildman–Crippen LogP) is 4.60. The predicted molar refractivity (Wildman–Crippen MR) is 88.4 cm³/mol. The van der Waals surface area contributed by atoms with Gasteiger partial charge in [0.15, 0.2) is 5.41 Å².